The van der Waals surface area contributed by atoms with Crippen molar-refractivity contribution in [1.82, 2.24) is 0 Å². The van der Waals surface area contributed by atoms with Crippen molar-refractivity contribution in [3.63, 3.8) is 0 Å². The van der Waals surface area contributed by atoms with E-state index < -0.39 is 0 Å². The largest absolute Gasteiger partial charge is 0.497 e. The topological polar surface area (TPSA) is 70.5 Å². The van der Waals surface area contributed by atoms with Crippen molar-refractivity contribution >= 4 is 11.6 Å². The van der Waals surface area contributed by atoms with Crippen molar-refractivity contribution in [3.8, 4) is 23.0 Å². The summed E-state index contributed by atoms with van der Waals surface area (Å²) in [5, 5.41) is 2.90. The lowest BCUT2D eigenvalue weighted by Gasteiger charge is -2.18. The summed E-state index contributed by atoms with van der Waals surface area (Å²) in [4.78, 5) is 13.6. The molecule has 2 rings (SSSR count). The Hall–Kier alpha value is -2.93. The van der Waals surface area contributed by atoms with Gasteiger partial charge < -0.3 is 29.2 Å². The molecule has 0 fully saturated rings. The lowest BCUT2D eigenvalue weighted by molar-refractivity contribution is -0.885. The molecule has 0 saturated heterocycles. The monoisotopic (exact) mass is 389 g/mol. The predicted molar refractivity (Wildman–Crippen MR) is 108 cm³/mol. The Kier molecular flexibility index (Phi) is 7.52. The van der Waals surface area contributed by atoms with Crippen LogP contribution in [0.2, 0.25) is 0 Å². The molecule has 7 nitrogen and oxygen atoms in total. The van der Waals surface area contributed by atoms with Gasteiger partial charge in [-0.3, -0.25) is 4.79 Å². The molecule has 0 saturated carbocycles. The summed E-state index contributed by atoms with van der Waals surface area (Å²) in [6.07, 6.45) is 0. The number of ether oxygens (including phenoxy) is 4. The zero-order chi connectivity index (χ0) is 20.7. The number of carbonyl (C=O) groups is 1. The Balaban J connectivity index is 2.05. The summed E-state index contributed by atoms with van der Waals surface area (Å²) in [5.74, 6) is 2.51. The van der Waals surface area contributed by atoms with Gasteiger partial charge in [-0.1, -0.05) is 0 Å². The molecule has 2 aromatic carbocycles. The van der Waals surface area contributed by atoms with E-state index in [2.05, 4.69) is 5.32 Å². The van der Waals surface area contributed by atoms with E-state index >= 15 is 0 Å². The second kappa shape index (κ2) is 9.85. The van der Waals surface area contributed by atoms with Crippen molar-refractivity contribution in [2.45, 2.75) is 13.5 Å². The zero-order valence-corrected chi connectivity index (χ0v) is 17.3. The number of anilines is 1. The molecule has 152 valence electrons. The number of methoxy groups -OCH3 is 4. The summed E-state index contributed by atoms with van der Waals surface area (Å²) >= 11 is 0. The highest BCUT2D eigenvalue weighted by molar-refractivity contribution is 5.93. The first-order valence-electron chi connectivity index (χ1n) is 8.96. The van der Waals surface area contributed by atoms with E-state index in [9.17, 15) is 4.79 Å². The number of amides is 1. The predicted octanol–water partition coefficient (Wildman–Crippen LogP) is 1.68. The van der Waals surface area contributed by atoms with Crippen LogP contribution in [0, 0.1) is 6.92 Å². The summed E-state index contributed by atoms with van der Waals surface area (Å²) < 4.78 is 21.2. The number of aryl methyl sites for hydroxylation is 1. The minimum absolute atomic E-state index is 0.109. The molecule has 0 radical (unpaired) electrons. The lowest BCUT2D eigenvalue weighted by atomic mass is 10.1. The van der Waals surface area contributed by atoms with Crippen LogP contribution in [-0.4, -0.2) is 47.9 Å². The second-order valence-corrected chi connectivity index (χ2v) is 6.56. The van der Waals surface area contributed by atoms with E-state index in [1.807, 2.05) is 26.1 Å². The van der Waals surface area contributed by atoms with Crippen LogP contribution in [0.3, 0.4) is 0 Å². The van der Waals surface area contributed by atoms with E-state index in [-0.39, 0.29) is 5.91 Å². The highest BCUT2D eigenvalue weighted by Crippen LogP contribution is 2.30. The molecule has 2 aromatic rings. The van der Waals surface area contributed by atoms with Crippen molar-refractivity contribution < 1.29 is 28.6 Å². The van der Waals surface area contributed by atoms with E-state index in [0.29, 0.717) is 41.8 Å². The minimum atomic E-state index is -0.109. The number of hydrogen-bond acceptors (Lipinski definition) is 5. The quantitative estimate of drug-likeness (QED) is 0.683. The summed E-state index contributed by atoms with van der Waals surface area (Å²) in [5.41, 5.74) is 2.77. The fourth-order valence-corrected chi connectivity index (χ4v) is 2.98. The second-order valence-electron chi connectivity index (χ2n) is 6.56. The number of likely N-dealkylation sites (N-methyl/N-ethyl adjacent to an activating group) is 1. The molecule has 1 atom stereocenters. The maximum Gasteiger partial charge on any atom is 0.279 e. The van der Waals surface area contributed by atoms with Gasteiger partial charge in [-0.05, 0) is 36.8 Å². The molecule has 7 heteroatoms. The first-order valence-corrected chi connectivity index (χ1v) is 8.96. The van der Waals surface area contributed by atoms with E-state index in [1.54, 1.807) is 46.6 Å². The van der Waals surface area contributed by atoms with Crippen molar-refractivity contribution in [1.29, 1.82) is 0 Å². The minimum Gasteiger partial charge on any atom is -0.497 e. The van der Waals surface area contributed by atoms with Gasteiger partial charge in [0.1, 0.15) is 18.0 Å². The fraction of sp³-hybridized carbons (Fsp3) is 0.381. The van der Waals surface area contributed by atoms with Crippen LogP contribution in [0.1, 0.15) is 11.1 Å². The Morgan fingerprint density at radius 2 is 1.57 bits per heavy atom. The first kappa shape index (κ1) is 21.4. The lowest BCUT2D eigenvalue weighted by Crippen LogP contribution is -3.08. The van der Waals surface area contributed by atoms with Crippen LogP contribution >= 0.6 is 0 Å². The Bertz CT molecular complexity index is 823. The van der Waals surface area contributed by atoms with Gasteiger partial charge in [0.2, 0.25) is 0 Å². The van der Waals surface area contributed by atoms with Crippen LogP contribution in [-0.2, 0) is 11.3 Å². The van der Waals surface area contributed by atoms with Crippen molar-refractivity contribution in [3.05, 3.63) is 41.5 Å². The Morgan fingerprint density at radius 1 is 0.929 bits per heavy atom. The molecule has 1 amide bonds. The number of benzene rings is 2. The molecule has 0 aliphatic rings. The van der Waals surface area contributed by atoms with E-state index in [0.717, 1.165) is 16.0 Å². The third kappa shape index (κ3) is 5.29. The first-order chi connectivity index (χ1) is 13.4. The molecule has 1 unspecified atom stereocenters. The normalized spacial score (nSPS) is 11.5. The molecule has 0 heterocycles. The average molecular weight is 389 g/mol. The van der Waals surface area contributed by atoms with Gasteiger partial charge in [0.15, 0.2) is 18.0 Å². The highest BCUT2D eigenvalue weighted by atomic mass is 16.5. The number of hydrogen-bond donors (Lipinski definition) is 2. The van der Waals surface area contributed by atoms with Gasteiger partial charge in [0.05, 0.1) is 41.2 Å². The van der Waals surface area contributed by atoms with Gasteiger partial charge in [0.25, 0.3) is 5.91 Å². The maximum atomic E-state index is 12.5. The van der Waals surface area contributed by atoms with Gasteiger partial charge >= 0.3 is 0 Å². The standard InChI is InChI=1S/C21H28N2O5/c1-14-9-19(27-5)20(28-6)10-15(14)12-23(2)13-21(24)22-17-11-16(25-3)7-8-18(17)26-4/h7-11H,12-13H2,1-6H3,(H,22,24)/p+1. The Morgan fingerprint density at radius 3 is 2.18 bits per heavy atom. The third-order valence-corrected chi connectivity index (χ3v) is 4.48. The zero-order valence-electron chi connectivity index (χ0n) is 17.3. The highest BCUT2D eigenvalue weighted by Gasteiger charge is 2.16. The summed E-state index contributed by atoms with van der Waals surface area (Å²) in [6, 6.07) is 9.19. The van der Waals surface area contributed by atoms with Crippen LogP contribution < -0.4 is 29.2 Å². The van der Waals surface area contributed by atoms with Crippen LogP contribution in [0.25, 0.3) is 0 Å². The number of carbonyl (C=O) groups excluding carboxylic acids is 1. The molecule has 0 bridgehead atoms. The molecule has 0 aliphatic heterocycles. The molecule has 0 spiro atoms. The van der Waals surface area contributed by atoms with Gasteiger partial charge in [-0.15, -0.1) is 0 Å². The van der Waals surface area contributed by atoms with Gasteiger partial charge in [-0.2, -0.15) is 0 Å². The van der Waals surface area contributed by atoms with Gasteiger partial charge in [0, 0.05) is 11.6 Å². The average Bonchev–Trinajstić information content (AvgIpc) is 2.68. The van der Waals surface area contributed by atoms with Crippen molar-refractivity contribution in [2.75, 3.05) is 47.3 Å². The smallest absolute Gasteiger partial charge is 0.279 e. The van der Waals surface area contributed by atoms with Crippen LogP contribution in [0.15, 0.2) is 30.3 Å². The number of nitrogens with one attached hydrogen (secondary N) is 2. The van der Waals surface area contributed by atoms with Crippen LogP contribution in [0.4, 0.5) is 5.69 Å². The Labute approximate surface area is 166 Å². The maximum absolute atomic E-state index is 12.5. The summed E-state index contributed by atoms with van der Waals surface area (Å²) in [6.45, 7) is 2.99. The molecule has 0 aliphatic carbocycles. The molecular weight excluding hydrogens is 360 g/mol. The van der Waals surface area contributed by atoms with E-state index in [4.69, 9.17) is 18.9 Å². The van der Waals surface area contributed by atoms with Crippen LogP contribution in [0.5, 0.6) is 23.0 Å². The molecule has 2 N–H and O–H groups in total. The molecular formula is C21H29N2O5+. The van der Waals surface area contributed by atoms with E-state index in [1.165, 1.54) is 0 Å². The summed E-state index contributed by atoms with van der Waals surface area (Å²) in [7, 11) is 8.35. The van der Waals surface area contributed by atoms with Crippen molar-refractivity contribution in [2.24, 2.45) is 0 Å². The fourth-order valence-electron chi connectivity index (χ4n) is 2.98. The SMILES string of the molecule is COc1ccc(OC)c(NC(=O)C[NH+](C)Cc2cc(OC)c(OC)cc2C)c1. The number of rotatable bonds is 9. The third-order valence-electron chi connectivity index (χ3n) is 4.48. The molecule has 28 heavy (non-hydrogen) atoms. The number of quaternary nitrogens is 1. The molecule has 0 aromatic heterocycles. The van der Waals surface area contributed by atoms with Gasteiger partial charge in [-0.25, -0.2) is 0 Å².